The zero-order chi connectivity index (χ0) is 11.4. The Morgan fingerprint density at radius 1 is 1.19 bits per heavy atom. The molecule has 0 aromatic rings. The van der Waals surface area contributed by atoms with Crippen LogP contribution in [0.5, 0.6) is 0 Å². The Bertz CT molecular complexity index is 369. The topological polar surface area (TPSA) is 17.1 Å². The van der Waals surface area contributed by atoms with Gasteiger partial charge in [0.05, 0.1) is 0 Å². The first kappa shape index (κ1) is 11.6. The average molecular weight is 257 g/mol. The summed E-state index contributed by atoms with van der Waals surface area (Å²) in [7, 11) is 0. The van der Waals surface area contributed by atoms with Gasteiger partial charge in [0.1, 0.15) is 0 Å². The summed E-state index contributed by atoms with van der Waals surface area (Å²) in [6.07, 6.45) is 16.4. The Morgan fingerprint density at radius 3 is 2.12 bits per heavy atom. The van der Waals surface area contributed by atoms with E-state index in [1.165, 1.54) is 8.94 Å². The van der Waals surface area contributed by atoms with Gasteiger partial charge >= 0.3 is 101 Å². The first-order chi connectivity index (χ1) is 7.83. The molecule has 87 valence electrons. The van der Waals surface area contributed by atoms with E-state index < -0.39 is 13.9 Å². The average Bonchev–Trinajstić information content (AvgIpc) is 2.91. The normalized spacial score (nSPS) is 18.7. The van der Waals surface area contributed by atoms with Crippen molar-refractivity contribution in [1.29, 1.82) is 0 Å². The van der Waals surface area contributed by atoms with Crippen LogP contribution in [0.3, 0.4) is 0 Å². The van der Waals surface area contributed by atoms with Gasteiger partial charge in [0.25, 0.3) is 0 Å². The van der Waals surface area contributed by atoms with Gasteiger partial charge in [-0.3, -0.25) is 0 Å². The molecule has 2 aliphatic rings. The van der Waals surface area contributed by atoms with Gasteiger partial charge < -0.3 is 0 Å². The van der Waals surface area contributed by atoms with Crippen LogP contribution < -0.4 is 0 Å². The fourth-order valence-electron chi connectivity index (χ4n) is 1.77. The third-order valence-electron chi connectivity index (χ3n) is 2.53. The van der Waals surface area contributed by atoms with Crippen molar-refractivity contribution < 1.29 is 18.7 Å². The summed E-state index contributed by atoms with van der Waals surface area (Å²) in [6.45, 7) is 2.08. The zero-order valence-electron chi connectivity index (χ0n) is 9.55. The van der Waals surface area contributed by atoms with Crippen molar-refractivity contribution in [1.82, 2.24) is 0 Å². The maximum absolute atomic E-state index is 12.2. The van der Waals surface area contributed by atoms with E-state index >= 15 is 0 Å². The van der Waals surface area contributed by atoms with Gasteiger partial charge in [0.2, 0.25) is 0 Å². The second-order valence-corrected chi connectivity index (χ2v) is 6.68. The summed E-state index contributed by atoms with van der Waals surface area (Å²) in [5, 5.41) is 0. The molecule has 2 rings (SSSR count). The van der Waals surface area contributed by atoms with E-state index in [0.717, 1.165) is 25.7 Å². The molecule has 2 heteroatoms. The first-order valence-electron chi connectivity index (χ1n) is 5.73. The van der Waals surface area contributed by atoms with Crippen LogP contribution in [0.15, 0.2) is 45.4 Å². The molecule has 0 saturated carbocycles. The summed E-state index contributed by atoms with van der Waals surface area (Å²) in [6, 6.07) is 0. The number of allylic oxidation sites excluding steroid dienone is 8. The van der Waals surface area contributed by atoms with Gasteiger partial charge in [-0.15, -0.1) is 0 Å². The standard InChI is InChI=1S/2C5H5.C4H7O.Fe/c2*1-2-4-5-3-1;1-2-3-4-5;/h2*1-3H,4H2;2-3H2,1H3;. The molecule has 0 aromatic heterocycles. The van der Waals surface area contributed by atoms with Crippen LogP contribution in [0, 0.1) is 0 Å². The third-order valence-corrected chi connectivity index (χ3v) is 5.65. The first-order valence-corrected chi connectivity index (χ1v) is 7.39. The van der Waals surface area contributed by atoms with E-state index in [9.17, 15) is 4.79 Å². The van der Waals surface area contributed by atoms with E-state index in [1.807, 2.05) is 0 Å². The van der Waals surface area contributed by atoms with Crippen molar-refractivity contribution in [2.24, 2.45) is 0 Å². The molecular weight excluding hydrogens is 240 g/mol. The minimum absolute atomic E-state index is 0.465. The van der Waals surface area contributed by atoms with Crippen LogP contribution in [-0.4, -0.2) is 4.68 Å². The van der Waals surface area contributed by atoms with Gasteiger partial charge in [-0.2, -0.15) is 0 Å². The van der Waals surface area contributed by atoms with Gasteiger partial charge in [-0.1, -0.05) is 0 Å². The van der Waals surface area contributed by atoms with Crippen LogP contribution in [0.25, 0.3) is 0 Å². The Labute approximate surface area is 102 Å². The van der Waals surface area contributed by atoms with E-state index in [1.54, 1.807) is 0 Å². The van der Waals surface area contributed by atoms with Gasteiger partial charge in [0.15, 0.2) is 0 Å². The fraction of sp³-hybridized carbons (Fsp3) is 0.357. The minimum atomic E-state index is -0.877. The van der Waals surface area contributed by atoms with E-state index in [-0.39, 0.29) is 0 Å². The van der Waals surface area contributed by atoms with E-state index in [4.69, 9.17) is 0 Å². The van der Waals surface area contributed by atoms with Crippen LogP contribution in [0.4, 0.5) is 0 Å². The fourth-order valence-corrected chi connectivity index (χ4v) is 4.86. The van der Waals surface area contributed by atoms with Crippen LogP contribution in [-0.2, 0) is 18.7 Å². The quantitative estimate of drug-likeness (QED) is 0.687. The predicted octanol–water partition coefficient (Wildman–Crippen LogP) is 3.62. The SMILES string of the molecule is CCC[C](=O)[Fe]([C]1=CC=CC1)[C]1=CC=CC1. The summed E-state index contributed by atoms with van der Waals surface area (Å²) in [4.78, 5) is 12.2. The predicted molar refractivity (Wildman–Crippen MR) is 63.6 cm³/mol. The Kier molecular flexibility index (Phi) is 3.98. The maximum atomic E-state index is 12.2. The summed E-state index contributed by atoms with van der Waals surface area (Å²) >= 11 is -0.877. The molecular formula is C14H17FeO. The van der Waals surface area contributed by atoms with Crippen LogP contribution in [0.1, 0.15) is 32.6 Å². The molecule has 0 fully saturated rings. The molecule has 0 saturated heterocycles. The van der Waals surface area contributed by atoms with Crippen LogP contribution in [0.2, 0.25) is 0 Å². The monoisotopic (exact) mass is 257 g/mol. The second kappa shape index (κ2) is 5.47. The summed E-state index contributed by atoms with van der Waals surface area (Å²) in [5.41, 5.74) is 0. The van der Waals surface area contributed by atoms with Crippen molar-refractivity contribution in [2.45, 2.75) is 32.6 Å². The Hall–Kier alpha value is -0.851. The summed E-state index contributed by atoms with van der Waals surface area (Å²) < 4.78 is 3.18. The number of carbonyl (C=O) groups is 1. The number of hydrogen-bond acceptors (Lipinski definition) is 1. The molecule has 0 atom stereocenters. The molecule has 1 nitrogen and oxygen atoms in total. The summed E-state index contributed by atoms with van der Waals surface area (Å²) in [5.74, 6) is 0. The number of hydrogen-bond donors (Lipinski definition) is 0. The molecule has 0 radical (unpaired) electrons. The molecule has 16 heavy (non-hydrogen) atoms. The van der Waals surface area contributed by atoms with Gasteiger partial charge in [0, 0.05) is 0 Å². The van der Waals surface area contributed by atoms with Gasteiger partial charge in [-0.05, 0) is 0 Å². The number of rotatable bonds is 5. The van der Waals surface area contributed by atoms with Crippen molar-refractivity contribution in [3.63, 3.8) is 0 Å². The van der Waals surface area contributed by atoms with Crippen molar-refractivity contribution in [3.8, 4) is 0 Å². The zero-order valence-corrected chi connectivity index (χ0v) is 10.7. The molecule has 0 unspecified atom stereocenters. The molecule has 0 spiro atoms. The second-order valence-electron chi connectivity index (χ2n) is 3.82. The number of carbonyl (C=O) groups excluding carboxylic acids is 1. The molecule has 0 heterocycles. The Balaban J connectivity index is 2.16. The Morgan fingerprint density at radius 2 is 1.75 bits per heavy atom. The van der Waals surface area contributed by atoms with E-state index in [0.29, 0.717) is 4.68 Å². The third kappa shape index (κ3) is 2.45. The van der Waals surface area contributed by atoms with Crippen molar-refractivity contribution >= 4 is 4.68 Å². The van der Waals surface area contributed by atoms with Crippen molar-refractivity contribution in [3.05, 3.63) is 45.4 Å². The van der Waals surface area contributed by atoms with Crippen molar-refractivity contribution in [2.75, 3.05) is 0 Å². The molecule has 0 amide bonds. The van der Waals surface area contributed by atoms with E-state index in [2.05, 4.69) is 43.4 Å². The molecule has 0 bridgehead atoms. The van der Waals surface area contributed by atoms with Gasteiger partial charge in [-0.25, -0.2) is 0 Å². The molecule has 0 N–H and O–H groups in total. The molecule has 0 aliphatic heterocycles. The molecule has 0 aromatic carbocycles. The molecule has 2 aliphatic carbocycles. The van der Waals surface area contributed by atoms with Crippen LogP contribution >= 0.6 is 0 Å².